The number of aryl methyl sites for hydroxylation is 1. The lowest BCUT2D eigenvalue weighted by Gasteiger charge is -2.33. The zero-order valence-electron chi connectivity index (χ0n) is 17.5. The number of halogens is 1. The maximum absolute atomic E-state index is 5.96. The van der Waals surface area contributed by atoms with Gasteiger partial charge < -0.3 is 19.8 Å². The quantitative estimate of drug-likeness (QED) is 0.306. The average Bonchev–Trinajstić information content (AvgIpc) is 3.39. The number of ether oxygens (including phenoxy) is 1. The summed E-state index contributed by atoms with van der Waals surface area (Å²) in [5.74, 6) is 3.21. The summed E-state index contributed by atoms with van der Waals surface area (Å²) in [4.78, 5) is 8.61. The van der Waals surface area contributed by atoms with E-state index >= 15 is 0 Å². The molecule has 0 saturated carbocycles. The molecule has 0 spiro atoms. The fourth-order valence-electron chi connectivity index (χ4n) is 3.36. The molecule has 0 amide bonds. The number of thiophene rings is 1. The maximum atomic E-state index is 5.96. The molecule has 29 heavy (non-hydrogen) atoms. The van der Waals surface area contributed by atoms with Gasteiger partial charge in [0.1, 0.15) is 11.5 Å². The highest BCUT2D eigenvalue weighted by molar-refractivity contribution is 14.0. The van der Waals surface area contributed by atoms with E-state index < -0.39 is 0 Å². The molecule has 0 radical (unpaired) electrons. The summed E-state index contributed by atoms with van der Waals surface area (Å²) >= 11 is 1.79. The Hall–Kier alpha value is -1.10. The molecule has 1 saturated heterocycles. The van der Waals surface area contributed by atoms with Gasteiger partial charge in [-0.15, -0.1) is 35.3 Å². The van der Waals surface area contributed by atoms with Gasteiger partial charge in [-0.3, -0.25) is 9.89 Å². The molecule has 1 aliphatic heterocycles. The summed E-state index contributed by atoms with van der Waals surface area (Å²) < 4.78 is 11.5. The molecule has 2 unspecified atom stereocenters. The Labute approximate surface area is 195 Å². The van der Waals surface area contributed by atoms with E-state index in [4.69, 9.17) is 14.1 Å². The fraction of sp³-hybridized carbons (Fsp3) is 0.571. The van der Waals surface area contributed by atoms with E-state index in [1.54, 1.807) is 11.3 Å². The first kappa shape index (κ1) is 24.2. The van der Waals surface area contributed by atoms with Crippen molar-refractivity contribution in [3.05, 3.63) is 46.0 Å². The third-order valence-electron chi connectivity index (χ3n) is 4.94. The van der Waals surface area contributed by atoms with Crippen LogP contribution in [0.25, 0.3) is 0 Å². The van der Waals surface area contributed by atoms with Crippen LogP contribution in [0.15, 0.2) is 39.1 Å². The van der Waals surface area contributed by atoms with E-state index in [0.717, 1.165) is 63.4 Å². The number of furan rings is 1. The third-order valence-corrected chi connectivity index (χ3v) is 6.04. The Morgan fingerprint density at radius 3 is 2.66 bits per heavy atom. The smallest absolute Gasteiger partial charge is 0.191 e. The molecule has 3 rings (SSSR count). The Bertz CT molecular complexity index is 729. The number of rotatable bonds is 8. The lowest BCUT2D eigenvalue weighted by atomic mass is 10.1. The van der Waals surface area contributed by atoms with Crippen LogP contribution in [-0.4, -0.2) is 56.8 Å². The van der Waals surface area contributed by atoms with E-state index in [-0.39, 0.29) is 30.0 Å². The molecule has 1 aliphatic rings. The second-order valence-electron chi connectivity index (χ2n) is 7.13. The summed E-state index contributed by atoms with van der Waals surface area (Å²) in [5.41, 5.74) is 0. The number of guanidine groups is 1. The Morgan fingerprint density at radius 1 is 1.24 bits per heavy atom. The third kappa shape index (κ3) is 7.27. The first-order chi connectivity index (χ1) is 13.7. The monoisotopic (exact) mass is 532 g/mol. The number of aliphatic imine (C=N–C) groups is 1. The molecule has 2 aromatic heterocycles. The predicted molar refractivity (Wildman–Crippen MR) is 131 cm³/mol. The molecule has 162 valence electrons. The molecule has 0 bridgehead atoms. The molecule has 2 N–H and O–H groups in total. The topological polar surface area (TPSA) is 62.0 Å². The lowest BCUT2D eigenvalue weighted by molar-refractivity contribution is 0.0124. The first-order valence-electron chi connectivity index (χ1n) is 10.1. The highest BCUT2D eigenvalue weighted by Crippen LogP contribution is 2.23. The summed E-state index contributed by atoms with van der Waals surface area (Å²) in [6.45, 7) is 12.0. The van der Waals surface area contributed by atoms with Crippen molar-refractivity contribution in [2.24, 2.45) is 4.99 Å². The Balaban J connectivity index is 0.00000300. The Morgan fingerprint density at radius 2 is 2.03 bits per heavy atom. The van der Waals surface area contributed by atoms with Gasteiger partial charge in [0.15, 0.2) is 5.96 Å². The molecule has 0 aromatic carbocycles. The van der Waals surface area contributed by atoms with Crippen molar-refractivity contribution in [3.8, 4) is 0 Å². The van der Waals surface area contributed by atoms with E-state index in [9.17, 15) is 0 Å². The first-order valence-corrected chi connectivity index (χ1v) is 11.0. The predicted octanol–water partition coefficient (Wildman–Crippen LogP) is 4.00. The zero-order chi connectivity index (χ0) is 19.8. The van der Waals surface area contributed by atoms with Gasteiger partial charge in [-0.05, 0) is 37.4 Å². The summed E-state index contributed by atoms with van der Waals surface area (Å²) in [6, 6.07) is 8.56. The number of nitrogens with one attached hydrogen (secondary N) is 2. The van der Waals surface area contributed by atoms with Crippen LogP contribution in [0, 0.1) is 6.92 Å². The van der Waals surface area contributed by atoms with Crippen molar-refractivity contribution in [2.75, 3.05) is 45.9 Å². The molecule has 0 aliphatic carbocycles. The van der Waals surface area contributed by atoms with Gasteiger partial charge in [-0.2, -0.15) is 0 Å². The van der Waals surface area contributed by atoms with Crippen LogP contribution in [0.3, 0.4) is 0 Å². The van der Waals surface area contributed by atoms with E-state index in [1.807, 2.05) is 13.0 Å². The minimum atomic E-state index is 0. The molecular formula is C21H33IN4O2S. The minimum Gasteiger partial charge on any atom is -0.465 e. The van der Waals surface area contributed by atoms with Gasteiger partial charge in [-0.1, -0.05) is 13.0 Å². The Kier molecular flexibility index (Phi) is 10.5. The molecule has 3 heterocycles. The van der Waals surface area contributed by atoms with Crippen LogP contribution >= 0.6 is 35.3 Å². The SMILES string of the molecule is CCNC(=NCC(C)c1cccs1)NCC(c1ccc(C)o1)N1CCOCC1.I. The van der Waals surface area contributed by atoms with Gasteiger partial charge in [0.2, 0.25) is 0 Å². The van der Waals surface area contributed by atoms with Crippen molar-refractivity contribution in [3.63, 3.8) is 0 Å². The molecule has 2 aromatic rings. The van der Waals surface area contributed by atoms with Crippen LogP contribution in [-0.2, 0) is 4.74 Å². The lowest BCUT2D eigenvalue weighted by Crippen LogP contribution is -2.46. The maximum Gasteiger partial charge on any atom is 0.191 e. The van der Waals surface area contributed by atoms with Crippen molar-refractivity contribution >= 4 is 41.3 Å². The second-order valence-corrected chi connectivity index (χ2v) is 8.11. The van der Waals surface area contributed by atoms with Gasteiger partial charge in [-0.25, -0.2) is 0 Å². The number of hydrogen-bond donors (Lipinski definition) is 2. The second kappa shape index (κ2) is 12.6. The van der Waals surface area contributed by atoms with Crippen LogP contribution in [0.2, 0.25) is 0 Å². The average molecular weight is 532 g/mol. The summed E-state index contributed by atoms with van der Waals surface area (Å²) in [5, 5.41) is 9.02. The highest BCUT2D eigenvalue weighted by atomic mass is 127. The number of morpholine rings is 1. The van der Waals surface area contributed by atoms with Gasteiger partial charge >= 0.3 is 0 Å². The van der Waals surface area contributed by atoms with Gasteiger partial charge in [0, 0.05) is 37.0 Å². The van der Waals surface area contributed by atoms with Crippen LogP contribution in [0.1, 0.15) is 42.2 Å². The van der Waals surface area contributed by atoms with Crippen molar-refractivity contribution in [1.82, 2.24) is 15.5 Å². The normalized spacial score (nSPS) is 17.4. The molecule has 6 nitrogen and oxygen atoms in total. The molecule has 1 fully saturated rings. The number of hydrogen-bond acceptors (Lipinski definition) is 5. The van der Waals surface area contributed by atoms with E-state index in [2.05, 4.69) is 53.0 Å². The largest absolute Gasteiger partial charge is 0.465 e. The minimum absolute atomic E-state index is 0. The molecule has 2 atom stereocenters. The summed E-state index contributed by atoms with van der Waals surface area (Å²) in [6.07, 6.45) is 0. The van der Waals surface area contributed by atoms with Crippen molar-refractivity contribution in [1.29, 1.82) is 0 Å². The molecule has 8 heteroatoms. The van der Waals surface area contributed by atoms with Gasteiger partial charge in [0.05, 0.1) is 25.8 Å². The van der Waals surface area contributed by atoms with Crippen molar-refractivity contribution < 1.29 is 9.15 Å². The van der Waals surface area contributed by atoms with E-state index in [0.29, 0.717) is 5.92 Å². The van der Waals surface area contributed by atoms with Crippen molar-refractivity contribution in [2.45, 2.75) is 32.7 Å². The molecular weight excluding hydrogens is 499 g/mol. The van der Waals surface area contributed by atoms with Gasteiger partial charge in [0.25, 0.3) is 0 Å². The van der Waals surface area contributed by atoms with Crippen LogP contribution in [0.4, 0.5) is 0 Å². The standard InChI is InChI=1S/C21H32N4O2S.HI/c1-4-22-21(23-14-16(2)20-6-5-13-28-20)24-15-18(19-8-7-17(3)27-19)25-9-11-26-12-10-25;/h5-8,13,16,18H,4,9-12,14-15H2,1-3H3,(H2,22,23,24);1H. The highest BCUT2D eigenvalue weighted by Gasteiger charge is 2.25. The number of nitrogens with zero attached hydrogens (tertiary/aromatic N) is 2. The van der Waals surface area contributed by atoms with E-state index in [1.165, 1.54) is 4.88 Å². The fourth-order valence-corrected chi connectivity index (χ4v) is 4.13. The summed E-state index contributed by atoms with van der Waals surface area (Å²) in [7, 11) is 0. The van der Waals surface area contributed by atoms with Crippen LogP contribution < -0.4 is 10.6 Å². The van der Waals surface area contributed by atoms with Crippen LogP contribution in [0.5, 0.6) is 0 Å². The zero-order valence-corrected chi connectivity index (χ0v) is 20.7.